The topological polar surface area (TPSA) is 56.9 Å². The number of aromatic carboxylic acids is 1. The van der Waals surface area contributed by atoms with E-state index >= 15 is 0 Å². The molecule has 19 heavy (non-hydrogen) atoms. The first kappa shape index (κ1) is 14.1. The lowest BCUT2D eigenvalue weighted by atomic mass is 10.2. The van der Waals surface area contributed by atoms with Crippen LogP contribution in [0.1, 0.15) is 35.7 Å². The summed E-state index contributed by atoms with van der Waals surface area (Å²) in [6.07, 6.45) is 0. The third-order valence-electron chi connectivity index (χ3n) is 3.76. The molecule has 1 aromatic rings. The molecule has 0 bridgehead atoms. The van der Waals surface area contributed by atoms with E-state index in [-0.39, 0.29) is 5.76 Å². The van der Waals surface area contributed by atoms with Gasteiger partial charge in [-0.1, -0.05) is 0 Å². The van der Waals surface area contributed by atoms with E-state index in [1.807, 2.05) is 6.92 Å². The molecule has 2 rings (SSSR count). The number of piperazine rings is 1. The van der Waals surface area contributed by atoms with Crippen molar-refractivity contribution in [3.8, 4) is 0 Å². The molecule has 5 nitrogen and oxygen atoms in total. The Morgan fingerprint density at radius 3 is 2.47 bits per heavy atom. The lowest BCUT2D eigenvalue weighted by Gasteiger charge is -2.36. The highest BCUT2D eigenvalue weighted by Gasteiger charge is 2.21. The second kappa shape index (κ2) is 5.75. The van der Waals surface area contributed by atoms with Gasteiger partial charge in [0.2, 0.25) is 5.76 Å². The van der Waals surface area contributed by atoms with Gasteiger partial charge in [-0.3, -0.25) is 9.80 Å². The summed E-state index contributed by atoms with van der Waals surface area (Å²) >= 11 is 0. The highest BCUT2D eigenvalue weighted by Crippen LogP contribution is 2.18. The summed E-state index contributed by atoms with van der Waals surface area (Å²) < 4.78 is 5.24. The fourth-order valence-corrected chi connectivity index (χ4v) is 2.46. The van der Waals surface area contributed by atoms with Crippen molar-refractivity contribution in [1.82, 2.24) is 9.80 Å². The van der Waals surface area contributed by atoms with Gasteiger partial charge in [0.15, 0.2) is 0 Å². The van der Waals surface area contributed by atoms with Gasteiger partial charge in [0.25, 0.3) is 0 Å². The highest BCUT2D eigenvalue weighted by atomic mass is 16.4. The van der Waals surface area contributed by atoms with Crippen LogP contribution in [0, 0.1) is 6.92 Å². The molecule has 2 heterocycles. The van der Waals surface area contributed by atoms with E-state index in [0.29, 0.717) is 11.8 Å². The van der Waals surface area contributed by atoms with E-state index in [4.69, 9.17) is 9.52 Å². The number of rotatable bonds is 4. The van der Waals surface area contributed by atoms with Crippen LogP contribution >= 0.6 is 0 Å². The van der Waals surface area contributed by atoms with Gasteiger partial charge >= 0.3 is 5.97 Å². The van der Waals surface area contributed by atoms with E-state index in [9.17, 15) is 4.79 Å². The average Bonchev–Trinajstić information content (AvgIpc) is 2.72. The maximum Gasteiger partial charge on any atom is 0.371 e. The fourth-order valence-electron chi connectivity index (χ4n) is 2.46. The van der Waals surface area contributed by atoms with Gasteiger partial charge in [-0.05, 0) is 26.8 Å². The molecule has 5 heteroatoms. The number of furan rings is 1. The predicted molar refractivity (Wildman–Crippen MR) is 72.4 cm³/mol. The summed E-state index contributed by atoms with van der Waals surface area (Å²) in [5.74, 6) is -0.254. The Kier molecular flexibility index (Phi) is 4.27. The van der Waals surface area contributed by atoms with Crippen LogP contribution in [0.3, 0.4) is 0 Å². The molecule has 0 spiro atoms. The van der Waals surface area contributed by atoms with Crippen molar-refractivity contribution in [2.45, 2.75) is 33.4 Å². The van der Waals surface area contributed by atoms with Crippen molar-refractivity contribution in [2.75, 3.05) is 26.2 Å². The molecular weight excluding hydrogens is 244 g/mol. The maximum atomic E-state index is 10.9. The summed E-state index contributed by atoms with van der Waals surface area (Å²) in [4.78, 5) is 15.7. The zero-order chi connectivity index (χ0) is 14.0. The average molecular weight is 266 g/mol. The summed E-state index contributed by atoms with van der Waals surface area (Å²) in [7, 11) is 0. The first-order chi connectivity index (χ1) is 8.97. The Bertz CT molecular complexity index is 446. The number of carboxylic acid groups (broad SMARTS) is 1. The Morgan fingerprint density at radius 1 is 1.37 bits per heavy atom. The minimum atomic E-state index is -1.00. The van der Waals surface area contributed by atoms with Crippen LogP contribution in [-0.4, -0.2) is 53.1 Å². The molecule has 106 valence electrons. The predicted octanol–water partition coefficient (Wildman–Crippen LogP) is 1.81. The fraction of sp³-hybridized carbons (Fsp3) is 0.643. The lowest BCUT2D eigenvalue weighted by molar-refractivity contribution is 0.0661. The molecule has 1 aliphatic heterocycles. The maximum absolute atomic E-state index is 10.9. The third kappa shape index (κ3) is 3.36. The molecule has 0 unspecified atom stereocenters. The monoisotopic (exact) mass is 266 g/mol. The van der Waals surface area contributed by atoms with Crippen LogP contribution in [0.5, 0.6) is 0 Å². The number of carboxylic acids is 1. The molecule has 0 aromatic carbocycles. The smallest absolute Gasteiger partial charge is 0.371 e. The zero-order valence-electron chi connectivity index (χ0n) is 11.8. The first-order valence-electron chi connectivity index (χ1n) is 6.76. The van der Waals surface area contributed by atoms with Crippen LogP contribution in [-0.2, 0) is 6.54 Å². The molecule has 1 aromatic heterocycles. The second-order valence-electron chi connectivity index (χ2n) is 5.40. The molecule has 1 N–H and O–H groups in total. The van der Waals surface area contributed by atoms with E-state index in [2.05, 4.69) is 23.6 Å². The lowest BCUT2D eigenvalue weighted by Crippen LogP contribution is -2.48. The second-order valence-corrected chi connectivity index (χ2v) is 5.40. The van der Waals surface area contributed by atoms with E-state index in [1.165, 1.54) is 0 Å². The summed E-state index contributed by atoms with van der Waals surface area (Å²) in [5.41, 5.74) is 0.982. The minimum absolute atomic E-state index is 0.0355. The molecule has 1 aliphatic rings. The molecule has 1 fully saturated rings. The van der Waals surface area contributed by atoms with Crippen molar-refractivity contribution in [3.63, 3.8) is 0 Å². The van der Waals surface area contributed by atoms with Crippen LogP contribution < -0.4 is 0 Å². The number of hydrogen-bond acceptors (Lipinski definition) is 4. The number of hydrogen-bond donors (Lipinski definition) is 1. The molecule has 0 aliphatic carbocycles. The highest BCUT2D eigenvalue weighted by molar-refractivity contribution is 5.84. The first-order valence-corrected chi connectivity index (χ1v) is 6.76. The van der Waals surface area contributed by atoms with Crippen molar-refractivity contribution in [2.24, 2.45) is 0 Å². The van der Waals surface area contributed by atoms with Crippen LogP contribution in [0.4, 0.5) is 0 Å². The van der Waals surface area contributed by atoms with E-state index in [1.54, 1.807) is 6.07 Å². The van der Waals surface area contributed by atoms with Crippen molar-refractivity contribution >= 4 is 5.97 Å². The zero-order valence-corrected chi connectivity index (χ0v) is 11.8. The van der Waals surface area contributed by atoms with Gasteiger partial charge in [0.05, 0.1) is 0 Å². The van der Waals surface area contributed by atoms with Gasteiger partial charge in [-0.25, -0.2) is 4.79 Å². The largest absolute Gasteiger partial charge is 0.475 e. The third-order valence-corrected chi connectivity index (χ3v) is 3.76. The number of nitrogens with zero attached hydrogens (tertiary/aromatic N) is 2. The Balaban J connectivity index is 1.94. The van der Waals surface area contributed by atoms with Gasteiger partial charge in [0.1, 0.15) is 5.76 Å². The quantitative estimate of drug-likeness (QED) is 0.900. The Morgan fingerprint density at radius 2 is 2.00 bits per heavy atom. The number of aryl methyl sites for hydroxylation is 1. The summed E-state index contributed by atoms with van der Waals surface area (Å²) in [6, 6.07) is 2.24. The van der Waals surface area contributed by atoms with E-state index < -0.39 is 5.97 Å². The van der Waals surface area contributed by atoms with Crippen LogP contribution in [0.15, 0.2) is 10.5 Å². The molecule has 1 saturated heterocycles. The van der Waals surface area contributed by atoms with Crippen LogP contribution in [0.25, 0.3) is 0 Å². The standard InChI is InChI=1S/C14H22N2O3/c1-10(2)16-6-4-15(5-7-16)9-12-8-13(14(17)18)19-11(12)3/h8,10H,4-7,9H2,1-3H3,(H,17,18). The molecular formula is C14H22N2O3. The van der Waals surface area contributed by atoms with Crippen molar-refractivity contribution in [3.05, 3.63) is 23.2 Å². The molecule has 0 amide bonds. The van der Waals surface area contributed by atoms with Gasteiger partial charge in [-0.2, -0.15) is 0 Å². The Labute approximate surface area is 113 Å². The Hall–Kier alpha value is -1.33. The van der Waals surface area contributed by atoms with E-state index in [0.717, 1.165) is 38.3 Å². The van der Waals surface area contributed by atoms with Gasteiger partial charge in [0, 0.05) is 44.3 Å². The molecule has 0 saturated carbocycles. The van der Waals surface area contributed by atoms with Crippen molar-refractivity contribution < 1.29 is 14.3 Å². The summed E-state index contributed by atoms with van der Waals surface area (Å²) in [5, 5.41) is 8.91. The van der Waals surface area contributed by atoms with Crippen molar-refractivity contribution in [1.29, 1.82) is 0 Å². The van der Waals surface area contributed by atoms with Gasteiger partial charge in [-0.15, -0.1) is 0 Å². The van der Waals surface area contributed by atoms with Crippen LogP contribution in [0.2, 0.25) is 0 Å². The molecule has 0 radical (unpaired) electrons. The van der Waals surface area contributed by atoms with Gasteiger partial charge < -0.3 is 9.52 Å². The SMILES string of the molecule is Cc1oc(C(=O)O)cc1CN1CCN(C(C)C)CC1. The molecule has 0 atom stereocenters. The summed E-state index contributed by atoms with van der Waals surface area (Å²) in [6.45, 7) is 11.2. The minimum Gasteiger partial charge on any atom is -0.475 e. The normalized spacial score (nSPS) is 18.1. The number of carbonyl (C=O) groups is 1.